The molecule has 0 bridgehead atoms. The molecule has 1 amide bonds. The number of aromatic hydroxyl groups is 1. The van der Waals surface area contributed by atoms with E-state index in [-0.39, 0.29) is 53.0 Å². The Morgan fingerprint density at radius 2 is 1.87 bits per heavy atom. The molecule has 2 fully saturated rings. The maximum atomic E-state index is 15.7. The van der Waals surface area contributed by atoms with Crippen LogP contribution >= 0.6 is 0 Å². The number of aromatic nitrogens is 2. The number of anilines is 1. The number of carbonyl (C=O) groups excluding carboxylic acids is 1. The number of ether oxygens (including phenoxy) is 3. The van der Waals surface area contributed by atoms with Crippen molar-refractivity contribution in [3.05, 3.63) is 47.7 Å². The number of nitrogens with two attached hydrogens (primary N) is 1. The quantitative estimate of drug-likeness (QED) is 0.315. The third-order valence-electron chi connectivity index (χ3n) is 6.64. The summed E-state index contributed by atoms with van der Waals surface area (Å²) >= 11 is 0. The van der Waals surface area contributed by atoms with Gasteiger partial charge >= 0.3 is 6.09 Å². The summed E-state index contributed by atoms with van der Waals surface area (Å²) in [4.78, 5) is 14.0. The number of para-hydroxylation sites is 1. The highest BCUT2D eigenvalue weighted by atomic mass is 19.1. The first kappa shape index (κ1) is 28.3. The standard InChI is InChI=1S/C28H36FN5O5/c1-28(2,3)39-27(36)34-12-9-17(10-13-34)37-18-14-19(15-18)38-24(8-11-30)25(29)21-16-22(32-33-26(21)31)20-6-4-5-7-23(20)35/h4-8,11,16-19,25,30,35H,9-10,12-15H2,1-3H3,(H2,31,33)/t18-,19-,25?. The predicted molar refractivity (Wildman–Crippen MR) is 144 cm³/mol. The number of benzene rings is 1. The van der Waals surface area contributed by atoms with E-state index in [1.54, 1.807) is 23.1 Å². The van der Waals surface area contributed by atoms with Crippen LogP contribution in [0.3, 0.4) is 0 Å². The normalized spacial score (nSPS) is 21.1. The van der Waals surface area contributed by atoms with Crippen LogP contribution in [0.5, 0.6) is 5.75 Å². The Kier molecular flexibility index (Phi) is 8.69. The van der Waals surface area contributed by atoms with E-state index in [1.807, 2.05) is 20.8 Å². The molecule has 0 spiro atoms. The van der Waals surface area contributed by atoms with Crippen molar-refractivity contribution in [2.75, 3.05) is 18.8 Å². The molecule has 2 heterocycles. The predicted octanol–water partition coefficient (Wildman–Crippen LogP) is 4.94. The van der Waals surface area contributed by atoms with Gasteiger partial charge in [0.1, 0.15) is 23.2 Å². The maximum Gasteiger partial charge on any atom is 0.410 e. The van der Waals surface area contributed by atoms with Gasteiger partial charge in [0.2, 0.25) is 0 Å². The number of nitrogens with one attached hydrogen (secondary N) is 1. The number of hydrogen-bond donors (Lipinski definition) is 3. The summed E-state index contributed by atoms with van der Waals surface area (Å²) in [6.45, 7) is 6.69. The van der Waals surface area contributed by atoms with Gasteiger partial charge in [-0.05, 0) is 57.9 Å². The maximum absolute atomic E-state index is 15.7. The van der Waals surface area contributed by atoms with Gasteiger partial charge in [0, 0.05) is 43.3 Å². The van der Waals surface area contributed by atoms with Gasteiger partial charge in [-0.2, -0.15) is 0 Å². The van der Waals surface area contributed by atoms with E-state index in [1.165, 1.54) is 18.2 Å². The molecule has 1 unspecified atom stereocenters. The number of phenols is 1. The van der Waals surface area contributed by atoms with Crippen molar-refractivity contribution in [1.29, 1.82) is 5.41 Å². The Labute approximate surface area is 227 Å². The van der Waals surface area contributed by atoms with Gasteiger partial charge in [0.25, 0.3) is 0 Å². The van der Waals surface area contributed by atoms with E-state index in [0.717, 1.165) is 19.1 Å². The summed E-state index contributed by atoms with van der Waals surface area (Å²) in [5.41, 5.74) is 6.11. The topological polar surface area (TPSA) is 144 Å². The van der Waals surface area contributed by atoms with Gasteiger partial charge in [0.15, 0.2) is 12.0 Å². The zero-order chi connectivity index (χ0) is 28.2. The number of carbonyl (C=O) groups is 1. The molecule has 10 nitrogen and oxygen atoms in total. The molecule has 1 aliphatic carbocycles. The number of phenolic OH excluding ortho intramolecular Hbond substituents is 1. The summed E-state index contributed by atoms with van der Waals surface area (Å²) in [5, 5.41) is 25.5. The van der Waals surface area contributed by atoms with Gasteiger partial charge in [-0.1, -0.05) is 12.1 Å². The van der Waals surface area contributed by atoms with Crippen LogP contribution < -0.4 is 5.73 Å². The average Bonchev–Trinajstić information content (AvgIpc) is 2.86. The third kappa shape index (κ3) is 7.23. The minimum absolute atomic E-state index is 0.0135. The van der Waals surface area contributed by atoms with Crippen LogP contribution in [-0.4, -0.2) is 69.5 Å². The van der Waals surface area contributed by atoms with E-state index < -0.39 is 11.8 Å². The fourth-order valence-corrected chi connectivity index (χ4v) is 4.55. The van der Waals surface area contributed by atoms with Crippen molar-refractivity contribution < 1.29 is 28.5 Å². The Morgan fingerprint density at radius 1 is 1.18 bits per heavy atom. The lowest BCUT2D eigenvalue weighted by molar-refractivity contribution is -0.125. The molecule has 0 radical (unpaired) electrons. The number of allylic oxidation sites excluding steroid dienone is 2. The number of alkyl halides is 1. The molecule has 1 aromatic carbocycles. The van der Waals surface area contributed by atoms with Crippen LogP contribution in [-0.2, 0) is 14.2 Å². The lowest BCUT2D eigenvalue weighted by atomic mass is 9.91. The number of halogens is 1. The van der Waals surface area contributed by atoms with Crippen molar-refractivity contribution >= 4 is 18.1 Å². The molecule has 1 atom stereocenters. The molecule has 2 aliphatic rings. The zero-order valence-electron chi connectivity index (χ0n) is 22.5. The second-order valence-corrected chi connectivity index (χ2v) is 10.8. The summed E-state index contributed by atoms with van der Waals surface area (Å²) in [7, 11) is 0. The number of piperidine rings is 1. The lowest BCUT2D eigenvalue weighted by Gasteiger charge is -2.40. The number of rotatable bonds is 8. The summed E-state index contributed by atoms with van der Waals surface area (Å²) in [6.07, 6.45) is 2.50. The average molecular weight is 542 g/mol. The number of nitrogens with zero attached hydrogens (tertiary/aromatic N) is 3. The summed E-state index contributed by atoms with van der Waals surface area (Å²) < 4.78 is 33.2. The highest BCUT2D eigenvalue weighted by Crippen LogP contribution is 2.38. The molecule has 2 aromatic rings. The first-order valence-electron chi connectivity index (χ1n) is 13.1. The minimum Gasteiger partial charge on any atom is -0.507 e. The van der Waals surface area contributed by atoms with E-state index in [0.29, 0.717) is 31.5 Å². The van der Waals surface area contributed by atoms with Crippen LogP contribution in [0, 0.1) is 5.41 Å². The Morgan fingerprint density at radius 3 is 2.51 bits per heavy atom. The van der Waals surface area contributed by atoms with Crippen LogP contribution in [0.4, 0.5) is 15.0 Å². The van der Waals surface area contributed by atoms with Crippen molar-refractivity contribution in [2.45, 2.75) is 76.5 Å². The molecule has 4 N–H and O–H groups in total. The zero-order valence-corrected chi connectivity index (χ0v) is 22.5. The molecule has 39 heavy (non-hydrogen) atoms. The molecule has 1 aliphatic heterocycles. The first-order chi connectivity index (χ1) is 18.5. The van der Waals surface area contributed by atoms with E-state index in [9.17, 15) is 9.90 Å². The fourth-order valence-electron chi connectivity index (χ4n) is 4.55. The molecular formula is C28H36FN5O5. The highest BCUT2D eigenvalue weighted by molar-refractivity contribution is 5.70. The van der Waals surface area contributed by atoms with Gasteiger partial charge in [-0.25, -0.2) is 9.18 Å². The van der Waals surface area contributed by atoms with Gasteiger partial charge in [0.05, 0.1) is 17.9 Å². The van der Waals surface area contributed by atoms with Crippen molar-refractivity contribution in [3.8, 4) is 17.0 Å². The molecular weight excluding hydrogens is 505 g/mol. The van der Waals surface area contributed by atoms with Gasteiger partial charge in [-0.3, -0.25) is 0 Å². The molecule has 1 saturated carbocycles. The van der Waals surface area contributed by atoms with Crippen molar-refractivity contribution in [1.82, 2.24) is 15.1 Å². The van der Waals surface area contributed by atoms with Crippen molar-refractivity contribution in [3.63, 3.8) is 0 Å². The first-order valence-corrected chi connectivity index (χ1v) is 13.1. The monoisotopic (exact) mass is 541 g/mol. The van der Waals surface area contributed by atoms with Crippen LogP contribution in [0.2, 0.25) is 0 Å². The van der Waals surface area contributed by atoms with Crippen molar-refractivity contribution in [2.24, 2.45) is 0 Å². The number of amides is 1. The van der Waals surface area contributed by atoms with Crippen LogP contribution in [0.25, 0.3) is 11.3 Å². The number of hydrogen-bond acceptors (Lipinski definition) is 9. The van der Waals surface area contributed by atoms with Gasteiger partial charge in [-0.15, -0.1) is 10.2 Å². The minimum atomic E-state index is -1.77. The number of likely N-dealkylation sites (tertiary alicyclic amines) is 1. The summed E-state index contributed by atoms with van der Waals surface area (Å²) in [6, 6.07) is 7.97. The molecule has 1 saturated heterocycles. The fraction of sp³-hybridized carbons (Fsp3) is 0.500. The summed E-state index contributed by atoms with van der Waals surface area (Å²) in [5.74, 6) is -0.170. The van der Waals surface area contributed by atoms with Gasteiger partial charge < -0.3 is 35.4 Å². The van der Waals surface area contributed by atoms with Crippen LogP contribution in [0.1, 0.15) is 58.2 Å². The smallest absolute Gasteiger partial charge is 0.410 e. The lowest BCUT2D eigenvalue weighted by Crippen LogP contribution is -2.46. The Hall–Kier alpha value is -3.73. The Balaban J connectivity index is 1.30. The van der Waals surface area contributed by atoms with E-state index in [4.69, 9.17) is 25.4 Å². The van der Waals surface area contributed by atoms with E-state index in [2.05, 4.69) is 10.2 Å². The molecule has 11 heteroatoms. The molecule has 4 rings (SSSR count). The second kappa shape index (κ2) is 12.0. The van der Waals surface area contributed by atoms with Crippen LogP contribution in [0.15, 0.2) is 42.2 Å². The Bertz CT molecular complexity index is 1200. The second-order valence-electron chi connectivity index (χ2n) is 10.8. The molecule has 210 valence electrons. The SMILES string of the molecule is CC(C)(C)OC(=O)N1CCC(O[C@H]2C[C@H](OC(=CC=N)C(F)c3cc(-c4ccccc4O)nnc3N)C2)CC1. The number of nitrogen functional groups attached to an aromatic ring is 1. The highest BCUT2D eigenvalue weighted by Gasteiger charge is 2.37. The van der Waals surface area contributed by atoms with E-state index >= 15 is 4.39 Å². The largest absolute Gasteiger partial charge is 0.507 e. The molecule has 1 aromatic heterocycles. The third-order valence-corrected chi connectivity index (χ3v) is 6.64.